The number of hydrogen-bond acceptors (Lipinski definition) is 6. The molecule has 1 aliphatic carbocycles. The highest BCUT2D eigenvalue weighted by atomic mass is 16.2. The van der Waals surface area contributed by atoms with Gasteiger partial charge in [0, 0.05) is 51.1 Å². The molecule has 0 aliphatic heterocycles. The average molecular weight is 631 g/mol. The van der Waals surface area contributed by atoms with Gasteiger partial charge in [0.25, 0.3) is 5.91 Å². The fourth-order valence-corrected chi connectivity index (χ4v) is 5.85. The molecular formula is C37H54N6O3. The Hall–Kier alpha value is -4.01. The Labute approximate surface area is 275 Å². The van der Waals surface area contributed by atoms with Gasteiger partial charge in [-0.2, -0.15) is 0 Å². The van der Waals surface area contributed by atoms with Crippen LogP contribution >= 0.6 is 0 Å². The molecule has 3 amide bonds. The topological polar surface area (TPSA) is 108 Å². The number of carbonyl (C=O) groups is 3. The van der Waals surface area contributed by atoms with E-state index in [1.165, 1.54) is 25.7 Å². The fraction of sp³-hybridized carbons (Fsp3) is 0.541. The molecule has 250 valence electrons. The van der Waals surface area contributed by atoms with Gasteiger partial charge in [0.1, 0.15) is 17.7 Å². The van der Waals surface area contributed by atoms with Crippen LogP contribution < -0.4 is 15.5 Å². The van der Waals surface area contributed by atoms with Gasteiger partial charge in [-0.15, -0.1) is 0 Å². The molecule has 46 heavy (non-hydrogen) atoms. The zero-order valence-corrected chi connectivity index (χ0v) is 28.7. The van der Waals surface area contributed by atoms with Gasteiger partial charge in [-0.1, -0.05) is 63.9 Å². The first-order chi connectivity index (χ1) is 22.1. The standard InChI is InChI=1S/C26H41N3O3.C11H13N3/c1-4-17-29(18-5-2)26(32)23(28-25(31)22-9-7-6-8-10-22)15-16-24(30)27-19-21-13-11-20(3)12-14-21;1-8-12-10-7-5-4-6-9(10)11(13-8)14(2)3/h6-10,20-21,23H,4-5,11-19H2,1-3H3,(H,27,30)(H,28,31);4-7H,1-3H3. The maximum absolute atomic E-state index is 13.2. The molecule has 1 saturated carbocycles. The molecule has 1 aromatic heterocycles. The van der Waals surface area contributed by atoms with Crippen molar-refractivity contribution < 1.29 is 14.4 Å². The summed E-state index contributed by atoms with van der Waals surface area (Å²) < 4.78 is 0. The van der Waals surface area contributed by atoms with Crippen molar-refractivity contribution in [1.82, 2.24) is 25.5 Å². The number of nitrogens with zero attached hydrogens (tertiary/aromatic N) is 4. The van der Waals surface area contributed by atoms with Crippen molar-refractivity contribution in [3.05, 3.63) is 66.0 Å². The Morgan fingerprint density at radius 3 is 2.15 bits per heavy atom. The Morgan fingerprint density at radius 1 is 0.891 bits per heavy atom. The highest BCUT2D eigenvalue weighted by molar-refractivity contribution is 5.97. The summed E-state index contributed by atoms with van der Waals surface area (Å²) >= 11 is 0. The normalized spacial score (nSPS) is 16.5. The van der Waals surface area contributed by atoms with Crippen LogP contribution in [0, 0.1) is 18.8 Å². The molecule has 2 N–H and O–H groups in total. The molecule has 1 fully saturated rings. The molecule has 0 bridgehead atoms. The predicted molar refractivity (Wildman–Crippen MR) is 187 cm³/mol. The molecule has 1 atom stereocenters. The number of para-hydroxylation sites is 1. The van der Waals surface area contributed by atoms with Crippen LogP contribution in [0.1, 0.15) is 88.3 Å². The summed E-state index contributed by atoms with van der Waals surface area (Å²) in [6, 6.07) is 16.2. The maximum Gasteiger partial charge on any atom is 0.251 e. The molecule has 9 heteroatoms. The number of benzene rings is 2. The number of amides is 3. The van der Waals surface area contributed by atoms with Crippen LogP contribution in [0.5, 0.6) is 0 Å². The number of hydrogen-bond donors (Lipinski definition) is 2. The SMILES string of the molecule is CCCN(CCC)C(=O)C(CCC(=O)NCC1CCC(C)CC1)NC(=O)c1ccccc1.Cc1nc(N(C)C)c2ccccc2n1. The van der Waals surface area contributed by atoms with Crippen LogP contribution in [-0.4, -0.2) is 72.4 Å². The molecule has 9 nitrogen and oxygen atoms in total. The molecule has 0 radical (unpaired) electrons. The lowest BCUT2D eigenvalue weighted by atomic mass is 9.83. The Kier molecular flexibility index (Phi) is 14.9. The molecule has 1 heterocycles. The largest absolute Gasteiger partial charge is 0.362 e. The second kappa shape index (κ2) is 18.8. The van der Waals surface area contributed by atoms with E-state index >= 15 is 0 Å². The van der Waals surface area contributed by atoms with Crippen molar-refractivity contribution in [2.24, 2.45) is 11.8 Å². The molecule has 1 unspecified atom stereocenters. The molecule has 0 saturated heterocycles. The van der Waals surface area contributed by atoms with Crippen molar-refractivity contribution in [2.75, 3.05) is 38.6 Å². The summed E-state index contributed by atoms with van der Waals surface area (Å²) in [5, 5.41) is 7.04. The van der Waals surface area contributed by atoms with E-state index in [0.717, 1.165) is 41.3 Å². The molecule has 0 spiro atoms. The third kappa shape index (κ3) is 11.4. The number of rotatable bonds is 13. The summed E-state index contributed by atoms with van der Waals surface area (Å²) in [5.41, 5.74) is 1.52. The number of nitrogens with one attached hydrogen (secondary N) is 2. The average Bonchev–Trinajstić information content (AvgIpc) is 3.06. The van der Waals surface area contributed by atoms with Gasteiger partial charge in [0.2, 0.25) is 11.8 Å². The first kappa shape index (κ1) is 36.5. The van der Waals surface area contributed by atoms with Crippen molar-refractivity contribution in [3.63, 3.8) is 0 Å². The molecule has 2 aromatic carbocycles. The van der Waals surface area contributed by atoms with Crippen molar-refractivity contribution in [2.45, 2.75) is 85.1 Å². The van der Waals surface area contributed by atoms with E-state index in [1.54, 1.807) is 29.2 Å². The van der Waals surface area contributed by atoms with Gasteiger partial charge < -0.3 is 20.4 Å². The van der Waals surface area contributed by atoms with Gasteiger partial charge >= 0.3 is 0 Å². The van der Waals surface area contributed by atoms with E-state index in [2.05, 4.69) is 27.5 Å². The van der Waals surface area contributed by atoms with Crippen LogP contribution in [0.2, 0.25) is 0 Å². The van der Waals surface area contributed by atoms with Crippen molar-refractivity contribution in [3.8, 4) is 0 Å². The van der Waals surface area contributed by atoms with Crippen LogP contribution in [0.15, 0.2) is 54.6 Å². The number of aromatic nitrogens is 2. The quantitative estimate of drug-likeness (QED) is 0.234. The van der Waals surface area contributed by atoms with E-state index in [1.807, 2.05) is 70.1 Å². The van der Waals surface area contributed by atoms with Gasteiger partial charge in [-0.05, 0) is 75.1 Å². The maximum atomic E-state index is 13.2. The fourth-order valence-electron chi connectivity index (χ4n) is 5.85. The molecular weight excluding hydrogens is 576 g/mol. The summed E-state index contributed by atoms with van der Waals surface area (Å²) in [5.74, 6) is 2.69. The summed E-state index contributed by atoms with van der Waals surface area (Å²) in [6.07, 6.45) is 7.02. The number of anilines is 1. The minimum atomic E-state index is -0.706. The first-order valence-electron chi connectivity index (χ1n) is 16.9. The molecule has 3 aromatic rings. The minimum Gasteiger partial charge on any atom is -0.362 e. The van der Waals surface area contributed by atoms with Crippen LogP contribution in [-0.2, 0) is 9.59 Å². The first-order valence-corrected chi connectivity index (χ1v) is 16.9. The Bertz CT molecular complexity index is 1380. The third-order valence-electron chi connectivity index (χ3n) is 8.44. The van der Waals surface area contributed by atoms with E-state index < -0.39 is 6.04 Å². The zero-order chi connectivity index (χ0) is 33.5. The van der Waals surface area contributed by atoms with E-state index in [-0.39, 0.29) is 24.1 Å². The molecule has 4 rings (SSSR count). The highest BCUT2D eigenvalue weighted by Crippen LogP contribution is 2.27. The minimum absolute atomic E-state index is 0.0482. The zero-order valence-electron chi connectivity index (χ0n) is 28.7. The lowest BCUT2D eigenvalue weighted by molar-refractivity contribution is -0.133. The van der Waals surface area contributed by atoms with Gasteiger partial charge in [-0.3, -0.25) is 14.4 Å². The lowest BCUT2D eigenvalue weighted by Gasteiger charge is -2.28. The number of carbonyl (C=O) groups excluding carboxylic acids is 3. The Morgan fingerprint density at radius 2 is 1.52 bits per heavy atom. The van der Waals surface area contributed by atoms with E-state index in [9.17, 15) is 14.4 Å². The smallest absolute Gasteiger partial charge is 0.251 e. The summed E-state index contributed by atoms with van der Waals surface area (Å²) in [6.45, 7) is 10.3. The molecule has 1 aliphatic rings. The number of fused-ring (bicyclic) bond motifs is 1. The Balaban J connectivity index is 0.000000339. The second-order valence-corrected chi connectivity index (χ2v) is 12.7. The van der Waals surface area contributed by atoms with Crippen LogP contribution in [0.4, 0.5) is 5.82 Å². The summed E-state index contributed by atoms with van der Waals surface area (Å²) in [7, 11) is 3.99. The third-order valence-corrected chi connectivity index (χ3v) is 8.44. The second-order valence-electron chi connectivity index (χ2n) is 12.7. The predicted octanol–water partition coefficient (Wildman–Crippen LogP) is 6.16. The van der Waals surface area contributed by atoms with Crippen molar-refractivity contribution >= 4 is 34.4 Å². The van der Waals surface area contributed by atoms with Gasteiger partial charge in [0.15, 0.2) is 0 Å². The van der Waals surface area contributed by atoms with E-state index in [0.29, 0.717) is 37.5 Å². The highest BCUT2D eigenvalue weighted by Gasteiger charge is 2.27. The van der Waals surface area contributed by atoms with Crippen LogP contribution in [0.3, 0.4) is 0 Å². The van der Waals surface area contributed by atoms with Crippen molar-refractivity contribution in [1.29, 1.82) is 0 Å². The van der Waals surface area contributed by atoms with Gasteiger partial charge in [0.05, 0.1) is 5.52 Å². The lowest BCUT2D eigenvalue weighted by Crippen LogP contribution is -2.49. The monoisotopic (exact) mass is 630 g/mol. The van der Waals surface area contributed by atoms with Crippen LogP contribution in [0.25, 0.3) is 10.9 Å². The summed E-state index contributed by atoms with van der Waals surface area (Å²) in [4.78, 5) is 51.1. The van der Waals surface area contributed by atoms with E-state index in [4.69, 9.17) is 0 Å². The van der Waals surface area contributed by atoms with Gasteiger partial charge in [-0.25, -0.2) is 9.97 Å². The number of aryl methyl sites for hydroxylation is 1.